The number of benzene rings is 2. The lowest BCUT2D eigenvalue weighted by Gasteiger charge is -2.24. The van der Waals surface area contributed by atoms with Crippen molar-refractivity contribution < 1.29 is 22.4 Å². The second-order valence-corrected chi connectivity index (χ2v) is 8.52. The summed E-state index contributed by atoms with van der Waals surface area (Å²) in [5, 5.41) is 2.83. The number of rotatable bonds is 9. The van der Waals surface area contributed by atoms with Crippen molar-refractivity contribution in [1.29, 1.82) is 0 Å². The smallest absolute Gasteiger partial charge is 0.357 e. The first-order valence-electron chi connectivity index (χ1n) is 11.6. The summed E-state index contributed by atoms with van der Waals surface area (Å²) >= 11 is 0. The monoisotopic (exact) mass is 504 g/mol. The summed E-state index contributed by atoms with van der Waals surface area (Å²) in [5.74, 6) is -0.533. The Balaban J connectivity index is 2.01. The van der Waals surface area contributed by atoms with Crippen LogP contribution < -0.4 is 15.8 Å². The van der Waals surface area contributed by atoms with Gasteiger partial charge in [0.1, 0.15) is 11.6 Å². The van der Waals surface area contributed by atoms with Crippen LogP contribution in [0.15, 0.2) is 59.4 Å². The number of nitrogens with one attached hydrogen (secondary N) is 1. The molecule has 2 aromatic carbocycles. The highest BCUT2D eigenvalue weighted by atomic mass is 19.4. The van der Waals surface area contributed by atoms with Gasteiger partial charge in [-0.1, -0.05) is 26.0 Å². The van der Waals surface area contributed by atoms with Crippen molar-refractivity contribution in [3.05, 3.63) is 76.3 Å². The molecule has 192 valence electrons. The number of alkyl halides is 3. The molecule has 3 rings (SSSR count). The normalized spacial score (nSPS) is 11.6. The highest BCUT2D eigenvalue weighted by molar-refractivity contribution is 5.77. The van der Waals surface area contributed by atoms with Gasteiger partial charge in [0.2, 0.25) is 5.91 Å². The van der Waals surface area contributed by atoms with E-state index in [9.17, 15) is 27.2 Å². The Morgan fingerprint density at radius 1 is 1.11 bits per heavy atom. The van der Waals surface area contributed by atoms with E-state index in [0.29, 0.717) is 31.9 Å². The van der Waals surface area contributed by atoms with Crippen LogP contribution in [-0.4, -0.2) is 35.1 Å². The van der Waals surface area contributed by atoms with E-state index in [1.54, 1.807) is 19.9 Å². The van der Waals surface area contributed by atoms with Crippen LogP contribution in [0.1, 0.15) is 32.8 Å². The Labute approximate surface area is 206 Å². The maximum atomic E-state index is 14.8. The lowest BCUT2D eigenvalue weighted by molar-refractivity contribution is -0.137. The van der Waals surface area contributed by atoms with E-state index >= 15 is 0 Å². The third-order valence-corrected chi connectivity index (χ3v) is 5.61. The molecule has 0 saturated heterocycles. The molecule has 10 heteroatoms. The largest absolute Gasteiger partial charge is 0.416 e. The van der Waals surface area contributed by atoms with Crippen molar-refractivity contribution in [2.75, 3.05) is 24.5 Å². The average molecular weight is 505 g/mol. The van der Waals surface area contributed by atoms with Crippen molar-refractivity contribution in [2.24, 2.45) is 5.92 Å². The second-order valence-electron chi connectivity index (χ2n) is 8.52. The molecule has 0 spiro atoms. The summed E-state index contributed by atoms with van der Waals surface area (Å²) in [5.41, 5.74) is -1.26. The molecular formula is C26H28F4N4O2. The number of hydrogen-bond acceptors (Lipinski definition) is 4. The SMILES string of the molecule is CCN(CCCNC(=O)C(C)C)c1cc(=O)n(-c2ccc(C(F)(F)F)cc2)c(-c2ccccc2F)n1. The van der Waals surface area contributed by atoms with Gasteiger partial charge in [-0.3, -0.25) is 14.2 Å². The Bertz CT molecular complexity index is 1250. The predicted octanol–water partition coefficient (Wildman–Crippen LogP) is 5.05. The molecule has 36 heavy (non-hydrogen) atoms. The van der Waals surface area contributed by atoms with E-state index in [0.717, 1.165) is 28.8 Å². The Kier molecular flexibility index (Phi) is 8.49. The first-order chi connectivity index (χ1) is 17.0. The highest BCUT2D eigenvalue weighted by Gasteiger charge is 2.30. The standard InChI is InChI=1S/C26H28F4N4O2/c1-4-33(15-7-14-31-25(36)17(2)3)22-16-23(35)34(19-12-10-18(11-13-19)26(28,29)30)24(32-22)20-8-5-6-9-21(20)27/h5-6,8-13,16-17H,4,7,14-15H2,1-3H3,(H,31,36). The number of amides is 1. The van der Waals surface area contributed by atoms with Crippen molar-refractivity contribution in [2.45, 2.75) is 33.4 Å². The first-order valence-corrected chi connectivity index (χ1v) is 11.6. The van der Waals surface area contributed by atoms with Crippen LogP contribution in [0.5, 0.6) is 0 Å². The Morgan fingerprint density at radius 2 is 1.78 bits per heavy atom. The zero-order valence-corrected chi connectivity index (χ0v) is 20.3. The molecular weight excluding hydrogens is 476 g/mol. The van der Waals surface area contributed by atoms with Gasteiger partial charge in [0.25, 0.3) is 5.56 Å². The van der Waals surface area contributed by atoms with Crippen molar-refractivity contribution in [1.82, 2.24) is 14.9 Å². The molecule has 0 atom stereocenters. The van der Waals surface area contributed by atoms with Crippen LogP contribution >= 0.6 is 0 Å². The topological polar surface area (TPSA) is 67.2 Å². The molecule has 1 heterocycles. The zero-order valence-electron chi connectivity index (χ0n) is 20.3. The third kappa shape index (κ3) is 6.30. The van der Waals surface area contributed by atoms with E-state index in [1.807, 2.05) is 11.8 Å². The minimum Gasteiger partial charge on any atom is -0.357 e. The molecule has 6 nitrogen and oxygen atoms in total. The summed E-state index contributed by atoms with van der Waals surface area (Å²) in [6.07, 6.45) is -3.94. The zero-order chi connectivity index (χ0) is 26.5. The van der Waals surface area contributed by atoms with Crippen LogP contribution in [-0.2, 0) is 11.0 Å². The van der Waals surface area contributed by atoms with Gasteiger partial charge in [0.15, 0.2) is 5.82 Å². The first kappa shape index (κ1) is 26.9. The molecule has 1 N–H and O–H groups in total. The highest BCUT2D eigenvalue weighted by Crippen LogP contribution is 2.30. The van der Waals surface area contributed by atoms with Crippen LogP contribution in [0, 0.1) is 11.7 Å². The summed E-state index contributed by atoms with van der Waals surface area (Å²) in [4.78, 5) is 31.4. The molecule has 3 aromatic rings. The Morgan fingerprint density at radius 3 is 2.36 bits per heavy atom. The molecule has 0 aliphatic heterocycles. The van der Waals surface area contributed by atoms with Crippen LogP contribution in [0.2, 0.25) is 0 Å². The number of carbonyl (C=O) groups is 1. The van der Waals surface area contributed by atoms with Gasteiger partial charge in [-0.2, -0.15) is 13.2 Å². The lowest BCUT2D eigenvalue weighted by Crippen LogP contribution is -2.33. The summed E-state index contributed by atoms with van der Waals surface area (Å²) in [6.45, 7) is 6.88. The van der Waals surface area contributed by atoms with Gasteiger partial charge < -0.3 is 10.2 Å². The van der Waals surface area contributed by atoms with Crippen molar-refractivity contribution >= 4 is 11.7 Å². The predicted molar refractivity (Wildman–Crippen MR) is 131 cm³/mol. The molecule has 0 bridgehead atoms. The fourth-order valence-electron chi connectivity index (χ4n) is 3.62. The number of nitrogens with zero attached hydrogens (tertiary/aromatic N) is 3. The fourth-order valence-corrected chi connectivity index (χ4v) is 3.62. The van der Waals surface area contributed by atoms with Crippen LogP contribution in [0.4, 0.5) is 23.4 Å². The third-order valence-electron chi connectivity index (χ3n) is 5.61. The van der Waals surface area contributed by atoms with E-state index in [-0.39, 0.29) is 28.9 Å². The number of anilines is 1. The minimum atomic E-state index is -4.53. The molecule has 0 aliphatic carbocycles. The number of hydrogen-bond donors (Lipinski definition) is 1. The average Bonchev–Trinajstić information content (AvgIpc) is 2.83. The van der Waals surface area contributed by atoms with E-state index < -0.39 is 23.1 Å². The maximum absolute atomic E-state index is 14.8. The minimum absolute atomic E-state index is 0.0260. The number of halogens is 4. The summed E-state index contributed by atoms with van der Waals surface area (Å²) in [7, 11) is 0. The van der Waals surface area contributed by atoms with Gasteiger partial charge in [-0.25, -0.2) is 9.37 Å². The second kappa shape index (κ2) is 11.4. The van der Waals surface area contributed by atoms with Crippen molar-refractivity contribution in [3.63, 3.8) is 0 Å². The lowest BCUT2D eigenvalue weighted by atomic mass is 10.1. The summed E-state index contributed by atoms with van der Waals surface area (Å²) < 4.78 is 55.0. The van der Waals surface area contributed by atoms with Gasteiger partial charge in [0.05, 0.1) is 16.8 Å². The number of aromatic nitrogens is 2. The molecule has 0 saturated carbocycles. The van der Waals surface area contributed by atoms with Crippen LogP contribution in [0.25, 0.3) is 17.1 Å². The van der Waals surface area contributed by atoms with E-state index in [4.69, 9.17) is 0 Å². The van der Waals surface area contributed by atoms with Gasteiger partial charge in [-0.15, -0.1) is 0 Å². The molecule has 0 fully saturated rings. The van der Waals surface area contributed by atoms with E-state index in [1.165, 1.54) is 24.3 Å². The quantitative estimate of drug-likeness (QED) is 0.327. The number of carbonyl (C=O) groups excluding carboxylic acids is 1. The fraction of sp³-hybridized carbons (Fsp3) is 0.346. The molecule has 0 aliphatic rings. The molecule has 1 aromatic heterocycles. The van der Waals surface area contributed by atoms with Gasteiger partial charge in [-0.05, 0) is 49.7 Å². The molecule has 0 radical (unpaired) electrons. The maximum Gasteiger partial charge on any atom is 0.416 e. The van der Waals surface area contributed by atoms with Crippen LogP contribution in [0.3, 0.4) is 0 Å². The Hall–Kier alpha value is -3.69. The van der Waals surface area contributed by atoms with Gasteiger partial charge >= 0.3 is 6.18 Å². The molecule has 0 unspecified atom stereocenters. The van der Waals surface area contributed by atoms with E-state index in [2.05, 4.69) is 10.3 Å². The molecule has 1 amide bonds. The summed E-state index contributed by atoms with van der Waals surface area (Å²) in [6, 6.07) is 11.1. The van der Waals surface area contributed by atoms with Gasteiger partial charge in [0, 0.05) is 31.6 Å². The van der Waals surface area contributed by atoms with Crippen molar-refractivity contribution in [3.8, 4) is 17.1 Å².